The summed E-state index contributed by atoms with van der Waals surface area (Å²) in [6, 6.07) is 5.70. The zero-order valence-corrected chi connectivity index (χ0v) is 13.7. The fraction of sp³-hybridized carbons (Fsp3) is 0.562. The van der Waals surface area contributed by atoms with Gasteiger partial charge in [0.05, 0.1) is 5.02 Å². The van der Waals surface area contributed by atoms with Gasteiger partial charge in [-0.3, -0.25) is 4.79 Å². The molecule has 21 heavy (non-hydrogen) atoms. The quantitative estimate of drug-likeness (QED) is 0.776. The van der Waals surface area contributed by atoms with Crippen LogP contribution in [0.5, 0.6) is 5.75 Å². The minimum atomic E-state index is -0.142. The maximum absolute atomic E-state index is 11.6. The first-order valence-corrected chi connectivity index (χ1v) is 7.73. The predicted octanol–water partition coefficient (Wildman–Crippen LogP) is 2.77. The summed E-state index contributed by atoms with van der Waals surface area (Å²) < 4.78 is 5.44. The molecule has 118 valence electrons. The number of nitrogens with two attached hydrogens (primary N) is 1. The predicted molar refractivity (Wildman–Crippen MR) is 86.8 cm³/mol. The molecule has 0 aliphatic rings. The summed E-state index contributed by atoms with van der Waals surface area (Å²) in [5.74, 6) is 0.793. The number of hydrogen-bond donors (Lipinski definition) is 2. The molecule has 0 aromatic heterocycles. The molecule has 0 aliphatic carbocycles. The summed E-state index contributed by atoms with van der Waals surface area (Å²) in [5, 5.41) is 3.30. The normalized spacial score (nSPS) is 12.3. The van der Waals surface area contributed by atoms with E-state index >= 15 is 0 Å². The fourth-order valence-electron chi connectivity index (χ4n) is 1.75. The van der Waals surface area contributed by atoms with Crippen molar-refractivity contribution in [1.29, 1.82) is 0 Å². The van der Waals surface area contributed by atoms with Gasteiger partial charge in [-0.05, 0) is 36.5 Å². The first kappa shape index (κ1) is 17.8. The van der Waals surface area contributed by atoms with E-state index in [9.17, 15) is 4.79 Å². The number of carbonyl (C=O) groups is 1. The summed E-state index contributed by atoms with van der Waals surface area (Å²) in [7, 11) is 0. The summed E-state index contributed by atoms with van der Waals surface area (Å²) in [5.41, 5.74) is 7.00. The van der Waals surface area contributed by atoms with E-state index in [4.69, 9.17) is 22.1 Å². The van der Waals surface area contributed by atoms with Gasteiger partial charge in [-0.15, -0.1) is 0 Å². The number of hydrogen-bond acceptors (Lipinski definition) is 3. The van der Waals surface area contributed by atoms with Gasteiger partial charge in [0.2, 0.25) is 0 Å². The number of nitrogens with one attached hydrogen (secondary N) is 1. The highest BCUT2D eigenvalue weighted by atomic mass is 35.5. The maximum atomic E-state index is 11.6. The number of ether oxygens (including phenoxy) is 1. The molecule has 0 aliphatic heterocycles. The number of amides is 1. The molecule has 0 bridgehead atoms. The Morgan fingerprint density at radius 3 is 2.71 bits per heavy atom. The van der Waals surface area contributed by atoms with E-state index < -0.39 is 0 Å². The van der Waals surface area contributed by atoms with Gasteiger partial charge in [-0.2, -0.15) is 0 Å². The first-order chi connectivity index (χ1) is 9.92. The lowest BCUT2D eigenvalue weighted by Gasteiger charge is -2.12. The molecule has 0 heterocycles. The van der Waals surface area contributed by atoms with Crippen molar-refractivity contribution >= 4 is 17.5 Å². The Hall–Kier alpha value is -1.26. The zero-order valence-electron chi connectivity index (χ0n) is 13.0. The molecule has 5 heteroatoms. The van der Waals surface area contributed by atoms with Gasteiger partial charge >= 0.3 is 0 Å². The van der Waals surface area contributed by atoms with Gasteiger partial charge in [0.25, 0.3) is 5.91 Å². The maximum Gasteiger partial charge on any atom is 0.257 e. The van der Waals surface area contributed by atoms with Crippen LogP contribution in [0.15, 0.2) is 18.2 Å². The minimum absolute atomic E-state index is 0.0275. The van der Waals surface area contributed by atoms with Crippen molar-refractivity contribution in [2.45, 2.75) is 39.7 Å². The number of halogens is 1. The average molecular weight is 313 g/mol. The Morgan fingerprint density at radius 1 is 1.43 bits per heavy atom. The molecular formula is C16H25ClN2O2. The molecular weight excluding hydrogens is 288 g/mol. The second-order valence-corrected chi connectivity index (χ2v) is 6.03. The van der Waals surface area contributed by atoms with Crippen LogP contribution in [0.1, 0.15) is 32.8 Å². The third-order valence-corrected chi connectivity index (χ3v) is 3.38. The van der Waals surface area contributed by atoms with Gasteiger partial charge < -0.3 is 15.8 Å². The number of rotatable bonds is 8. The van der Waals surface area contributed by atoms with Crippen molar-refractivity contribution in [3.05, 3.63) is 28.8 Å². The molecule has 0 radical (unpaired) electrons. The van der Waals surface area contributed by atoms with Crippen LogP contribution in [0.2, 0.25) is 5.02 Å². The van der Waals surface area contributed by atoms with Gasteiger partial charge in [-0.1, -0.05) is 38.4 Å². The third kappa shape index (κ3) is 6.82. The fourth-order valence-corrected chi connectivity index (χ4v) is 2.01. The van der Waals surface area contributed by atoms with Crippen LogP contribution in [0, 0.1) is 5.92 Å². The summed E-state index contributed by atoms with van der Waals surface area (Å²) in [6.07, 6.45) is 1.71. The smallest absolute Gasteiger partial charge is 0.257 e. The molecule has 1 aromatic carbocycles. The van der Waals surface area contributed by atoms with E-state index in [0.29, 0.717) is 23.2 Å². The van der Waals surface area contributed by atoms with Crippen LogP contribution >= 0.6 is 11.6 Å². The van der Waals surface area contributed by atoms with Crippen molar-refractivity contribution in [1.82, 2.24) is 5.32 Å². The van der Waals surface area contributed by atoms with Gasteiger partial charge in [-0.25, -0.2) is 0 Å². The second-order valence-electron chi connectivity index (χ2n) is 5.62. The van der Waals surface area contributed by atoms with Crippen molar-refractivity contribution in [2.75, 3.05) is 13.2 Å². The Morgan fingerprint density at radius 2 is 2.14 bits per heavy atom. The molecule has 1 aromatic rings. The molecule has 0 spiro atoms. The summed E-state index contributed by atoms with van der Waals surface area (Å²) in [6.45, 7) is 6.75. The topological polar surface area (TPSA) is 64.3 Å². The number of benzene rings is 1. The third-order valence-electron chi connectivity index (χ3n) is 3.08. The standard InChI is InChI=1S/C16H25ClN2O2/c1-4-13(18)7-12-5-6-15(14(17)8-12)21-10-16(20)19-9-11(2)3/h5-6,8,11,13H,4,7,9-10,18H2,1-3H3,(H,19,20). The van der Waals surface area contributed by atoms with Crippen LogP contribution < -0.4 is 15.8 Å². The van der Waals surface area contributed by atoms with Crippen molar-refractivity contribution < 1.29 is 9.53 Å². The Labute approximate surface area is 132 Å². The van der Waals surface area contributed by atoms with Crippen LogP contribution in [-0.2, 0) is 11.2 Å². The highest BCUT2D eigenvalue weighted by Crippen LogP contribution is 2.26. The SMILES string of the molecule is CCC(N)Cc1ccc(OCC(=O)NCC(C)C)c(Cl)c1. The van der Waals surface area contributed by atoms with Crippen molar-refractivity contribution in [3.63, 3.8) is 0 Å². The molecule has 1 rings (SSSR count). The lowest BCUT2D eigenvalue weighted by Crippen LogP contribution is -2.31. The monoisotopic (exact) mass is 312 g/mol. The van der Waals surface area contributed by atoms with E-state index in [-0.39, 0.29) is 18.6 Å². The molecule has 3 N–H and O–H groups in total. The molecule has 1 atom stereocenters. The highest BCUT2D eigenvalue weighted by Gasteiger charge is 2.08. The van der Waals surface area contributed by atoms with Crippen LogP contribution in [-0.4, -0.2) is 25.1 Å². The Kier molecular flexibility index (Phi) is 7.54. The van der Waals surface area contributed by atoms with Crippen LogP contribution in [0.25, 0.3) is 0 Å². The molecule has 0 fully saturated rings. The summed E-state index contributed by atoms with van der Waals surface area (Å²) in [4.78, 5) is 11.6. The van der Waals surface area contributed by atoms with Gasteiger partial charge in [0.1, 0.15) is 5.75 Å². The average Bonchev–Trinajstić information content (AvgIpc) is 2.44. The van der Waals surface area contributed by atoms with E-state index in [1.54, 1.807) is 6.07 Å². The highest BCUT2D eigenvalue weighted by molar-refractivity contribution is 6.32. The molecule has 0 saturated heterocycles. The lowest BCUT2D eigenvalue weighted by atomic mass is 10.0. The van der Waals surface area contributed by atoms with E-state index in [1.165, 1.54) is 0 Å². The zero-order chi connectivity index (χ0) is 15.8. The Balaban J connectivity index is 2.51. The van der Waals surface area contributed by atoms with Crippen LogP contribution in [0.3, 0.4) is 0 Å². The van der Waals surface area contributed by atoms with E-state index in [1.807, 2.05) is 26.0 Å². The van der Waals surface area contributed by atoms with E-state index in [0.717, 1.165) is 18.4 Å². The van der Waals surface area contributed by atoms with Crippen molar-refractivity contribution in [2.24, 2.45) is 11.7 Å². The minimum Gasteiger partial charge on any atom is -0.482 e. The Bertz CT molecular complexity index is 464. The first-order valence-electron chi connectivity index (χ1n) is 7.35. The van der Waals surface area contributed by atoms with Crippen LogP contribution in [0.4, 0.5) is 0 Å². The molecule has 0 saturated carbocycles. The second kappa shape index (κ2) is 8.90. The molecule has 4 nitrogen and oxygen atoms in total. The van der Waals surface area contributed by atoms with Gasteiger partial charge in [0, 0.05) is 12.6 Å². The number of carbonyl (C=O) groups excluding carboxylic acids is 1. The molecule has 1 amide bonds. The largest absolute Gasteiger partial charge is 0.482 e. The van der Waals surface area contributed by atoms with Gasteiger partial charge in [0.15, 0.2) is 6.61 Å². The molecule has 1 unspecified atom stereocenters. The lowest BCUT2D eigenvalue weighted by molar-refractivity contribution is -0.123. The summed E-state index contributed by atoms with van der Waals surface area (Å²) >= 11 is 6.17. The van der Waals surface area contributed by atoms with E-state index in [2.05, 4.69) is 12.2 Å². The van der Waals surface area contributed by atoms with Crippen molar-refractivity contribution in [3.8, 4) is 5.75 Å².